The van der Waals surface area contributed by atoms with Gasteiger partial charge in [-0.1, -0.05) is 92.7 Å². The molecular weight excluding hydrogens is 834 g/mol. The molecule has 0 atom stereocenters. The fourth-order valence-corrected chi connectivity index (χ4v) is 7.37. The molecule has 3 heterocycles. The molecule has 9 aromatic rings. The van der Waals surface area contributed by atoms with Crippen molar-refractivity contribution < 1.29 is 30.6 Å². The van der Waals surface area contributed by atoms with Crippen LogP contribution >= 0.6 is 0 Å². The summed E-state index contributed by atoms with van der Waals surface area (Å²) in [5.74, 6) is 1.24. The van der Waals surface area contributed by atoms with Crippen molar-refractivity contribution in [3.05, 3.63) is 180 Å². The van der Waals surface area contributed by atoms with Crippen molar-refractivity contribution in [1.29, 1.82) is 0 Å². The number of pyridine rings is 1. The largest absolute Gasteiger partial charge is 0.507 e. The Kier molecular flexibility index (Phi) is 9.28. The number of hydrogen-bond donors (Lipinski definition) is 1. The van der Waals surface area contributed by atoms with Gasteiger partial charge in [-0.15, -0.1) is 35.9 Å². The van der Waals surface area contributed by atoms with E-state index in [1.807, 2.05) is 83.6 Å². The first-order valence-electron chi connectivity index (χ1n) is 17.7. The standard InChI is InChI=1S/C47H36N3O2.Pt/c1-30(2)32-21-22-38-35(25-32)27-36(49-44(38)31-13-5-3-6-14-31)26-33-15-9-10-16-34(33)28-41-45(51)42(29-40-39-19-11-12-20-43(39)52-46(40)41)47-48-23-24-50(47)37-17-7-4-8-18-37;/h3-13,15-25,27,29-30,51H,26,28H2,1-2H3;/q-1;. The van der Waals surface area contributed by atoms with Crippen molar-refractivity contribution in [2.24, 2.45) is 0 Å². The molecule has 1 N–H and O–H groups in total. The SMILES string of the molecule is CC(C)c1ccc2c(-c3[c-]cccc3)nc(Cc3ccccc3Cc3c(O)c(-c4nccn4-c4ccccc4)cc4c3oc3ccccc34)cc2c1.[Pt]. The van der Waals surface area contributed by atoms with Gasteiger partial charge in [0.15, 0.2) is 0 Å². The van der Waals surface area contributed by atoms with Gasteiger partial charge in [-0.25, -0.2) is 4.98 Å². The van der Waals surface area contributed by atoms with Crippen LogP contribution in [0, 0.1) is 6.07 Å². The van der Waals surface area contributed by atoms with E-state index in [9.17, 15) is 5.11 Å². The molecule has 9 rings (SSSR count). The molecule has 0 aliphatic carbocycles. The van der Waals surface area contributed by atoms with Crippen molar-refractivity contribution in [1.82, 2.24) is 14.5 Å². The van der Waals surface area contributed by atoms with Crippen LogP contribution in [0.3, 0.4) is 0 Å². The minimum atomic E-state index is 0. The second kappa shape index (κ2) is 14.3. The van der Waals surface area contributed by atoms with Gasteiger partial charge in [0.1, 0.15) is 22.7 Å². The summed E-state index contributed by atoms with van der Waals surface area (Å²) >= 11 is 0. The van der Waals surface area contributed by atoms with Crippen LogP contribution in [0.25, 0.3) is 61.0 Å². The van der Waals surface area contributed by atoms with Gasteiger partial charge in [0.25, 0.3) is 0 Å². The molecule has 6 aromatic carbocycles. The number of para-hydroxylation sites is 2. The maximum Gasteiger partial charge on any atom is 0.148 e. The Bertz CT molecular complexity index is 2730. The summed E-state index contributed by atoms with van der Waals surface area (Å²) in [5.41, 5.74) is 10.2. The van der Waals surface area contributed by atoms with Crippen LogP contribution in [0.4, 0.5) is 0 Å². The summed E-state index contributed by atoms with van der Waals surface area (Å²) in [6.07, 6.45) is 4.79. The van der Waals surface area contributed by atoms with E-state index in [1.165, 1.54) is 10.9 Å². The number of phenols is 1. The number of hydrogen-bond acceptors (Lipinski definition) is 4. The summed E-state index contributed by atoms with van der Waals surface area (Å²) in [6.45, 7) is 4.45. The zero-order valence-electron chi connectivity index (χ0n) is 29.4. The molecule has 0 saturated heterocycles. The van der Waals surface area contributed by atoms with Gasteiger partial charge in [0, 0.05) is 74.0 Å². The molecule has 0 spiro atoms. The summed E-state index contributed by atoms with van der Waals surface area (Å²) in [6, 6.07) is 49.0. The van der Waals surface area contributed by atoms with E-state index in [0.717, 1.165) is 61.1 Å². The topological polar surface area (TPSA) is 64.1 Å². The van der Waals surface area contributed by atoms with Crippen molar-refractivity contribution in [3.8, 4) is 34.1 Å². The first kappa shape index (κ1) is 34.3. The number of nitrogens with zero attached hydrogens (tertiary/aromatic N) is 3. The van der Waals surface area contributed by atoms with Crippen LogP contribution in [0.1, 0.15) is 47.7 Å². The third-order valence-corrected chi connectivity index (χ3v) is 10.0. The second-order valence-corrected chi connectivity index (χ2v) is 13.7. The summed E-state index contributed by atoms with van der Waals surface area (Å²) < 4.78 is 8.53. The molecule has 3 aromatic heterocycles. The van der Waals surface area contributed by atoms with Gasteiger partial charge in [-0.2, -0.15) is 0 Å². The van der Waals surface area contributed by atoms with Crippen LogP contribution in [0.15, 0.2) is 150 Å². The van der Waals surface area contributed by atoms with E-state index in [0.29, 0.717) is 35.7 Å². The monoisotopic (exact) mass is 869 g/mol. The first-order valence-corrected chi connectivity index (χ1v) is 17.7. The van der Waals surface area contributed by atoms with E-state index in [2.05, 4.69) is 80.6 Å². The number of benzene rings is 6. The maximum atomic E-state index is 12.2. The van der Waals surface area contributed by atoms with Crippen LogP contribution in [0.2, 0.25) is 0 Å². The van der Waals surface area contributed by atoms with Gasteiger partial charge in [-0.05, 0) is 69.4 Å². The Morgan fingerprint density at radius 1 is 0.755 bits per heavy atom. The number of furan rings is 1. The fourth-order valence-electron chi connectivity index (χ4n) is 7.37. The molecule has 5 nitrogen and oxygen atoms in total. The van der Waals surface area contributed by atoms with Gasteiger partial charge in [0.2, 0.25) is 0 Å². The third kappa shape index (κ3) is 6.36. The second-order valence-electron chi connectivity index (χ2n) is 13.7. The molecule has 53 heavy (non-hydrogen) atoms. The van der Waals surface area contributed by atoms with E-state index in [-0.39, 0.29) is 26.8 Å². The number of imidazole rings is 1. The molecule has 0 bridgehead atoms. The van der Waals surface area contributed by atoms with E-state index in [4.69, 9.17) is 14.4 Å². The molecule has 0 saturated carbocycles. The summed E-state index contributed by atoms with van der Waals surface area (Å²) in [4.78, 5) is 10.0. The zero-order chi connectivity index (χ0) is 35.2. The Balaban J connectivity index is 0.00000400. The van der Waals surface area contributed by atoms with Gasteiger partial charge < -0.3 is 14.5 Å². The van der Waals surface area contributed by atoms with Crippen molar-refractivity contribution in [2.45, 2.75) is 32.6 Å². The molecule has 0 fully saturated rings. The number of phenolic OH excluding ortho intramolecular Hbond substituents is 1. The van der Waals surface area contributed by atoms with Gasteiger partial charge in [0.05, 0.1) is 5.56 Å². The molecule has 0 aliphatic rings. The molecular formula is C47H36N3O2Pt-. The molecule has 0 amide bonds. The van der Waals surface area contributed by atoms with E-state index in [1.54, 1.807) is 6.20 Å². The number of rotatable bonds is 8. The predicted octanol–water partition coefficient (Wildman–Crippen LogP) is 11.5. The first-order chi connectivity index (χ1) is 25.5. The maximum absolute atomic E-state index is 12.2. The fraction of sp³-hybridized carbons (Fsp3) is 0.106. The van der Waals surface area contributed by atoms with Gasteiger partial charge in [-0.3, -0.25) is 4.57 Å². The number of fused-ring (bicyclic) bond motifs is 4. The van der Waals surface area contributed by atoms with Crippen molar-refractivity contribution >= 4 is 32.7 Å². The zero-order valence-corrected chi connectivity index (χ0v) is 31.6. The molecule has 262 valence electrons. The van der Waals surface area contributed by atoms with Gasteiger partial charge >= 0.3 is 0 Å². The van der Waals surface area contributed by atoms with Crippen LogP contribution in [-0.2, 0) is 33.9 Å². The quantitative estimate of drug-likeness (QED) is 0.155. The normalized spacial score (nSPS) is 11.5. The number of aromatic nitrogens is 3. The smallest absolute Gasteiger partial charge is 0.148 e. The average molecular weight is 870 g/mol. The molecule has 0 radical (unpaired) electrons. The minimum absolute atomic E-state index is 0. The van der Waals surface area contributed by atoms with E-state index < -0.39 is 0 Å². The Labute approximate surface area is 322 Å². The summed E-state index contributed by atoms with van der Waals surface area (Å²) in [5, 5.41) is 16.4. The van der Waals surface area contributed by atoms with Crippen LogP contribution < -0.4 is 0 Å². The van der Waals surface area contributed by atoms with Crippen LogP contribution in [0.5, 0.6) is 5.75 Å². The molecule has 6 heteroatoms. The Hall–Kier alpha value is -5.77. The Morgan fingerprint density at radius 2 is 1.51 bits per heavy atom. The third-order valence-electron chi connectivity index (χ3n) is 10.0. The minimum Gasteiger partial charge on any atom is -0.507 e. The average Bonchev–Trinajstić information content (AvgIpc) is 3.82. The molecule has 0 aliphatic heterocycles. The van der Waals surface area contributed by atoms with Crippen molar-refractivity contribution in [2.75, 3.05) is 0 Å². The van der Waals surface area contributed by atoms with Crippen molar-refractivity contribution in [3.63, 3.8) is 0 Å². The predicted molar refractivity (Wildman–Crippen MR) is 210 cm³/mol. The Morgan fingerprint density at radius 3 is 2.30 bits per heavy atom. The van der Waals surface area contributed by atoms with E-state index >= 15 is 0 Å². The summed E-state index contributed by atoms with van der Waals surface area (Å²) in [7, 11) is 0. The molecule has 0 unspecified atom stereocenters. The number of aromatic hydroxyl groups is 1. The van der Waals surface area contributed by atoms with Crippen LogP contribution in [-0.4, -0.2) is 19.6 Å².